The molecular formula is C11H12N2O4. The third-order valence-electron chi connectivity index (χ3n) is 2.79. The fraction of sp³-hybridized carbons (Fsp3) is 0.364. The van der Waals surface area contributed by atoms with E-state index < -0.39 is 5.97 Å². The Hall–Kier alpha value is -2.11. The molecular weight excluding hydrogens is 224 g/mol. The van der Waals surface area contributed by atoms with Crippen LogP contribution >= 0.6 is 0 Å². The van der Waals surface area contributed by atoms with Crippen LogP contribution in [0.3, 0.4) is 0 Å². The molecule has 0 bridgehead atoms. The quantitative estimate of drug-likeness (QED) is 0.746. The topological polar surface area (TPSA) is 88.4 Å². The van der Waals surface area contributed by atoms with Crippen LogP contribution in [0, 0.1) is 0 Å². The van der Waals surface area contributed by atoms with Gasteiger partial charge in [0, 0.05) is 18.3 Å². The highest BCUT2D eigenvalue weighted by molar-refractivity contribution is 5.99. The molecule has 1 aromatic heterocycles. The van der Waals surface area contributed by atoms with Gasteiger partial charge in [-0.15, -0.1) is 0 Å². The van der Waals surface area contributed by atoms with Gasteiger partial charge in [-0.05, 0) is 13.0 Å². The summed E-state index contributed by atoms with van der Waals surface area (Å²) >= 11 is 0. The Labute approximate surface area is 97.2 Å². The maximum Gasteiger partial charge on any atom is 0.305 e. The van der Waals surface area contributed by atoms with Crippen molar-refractivity contribution in [3.05, 3.63) is 23.5 Å². The second kappa shape index (κ2) is 4.04. The summed E-state index contributed by atoms with van der Waals surface area (Å²) in [5, 5.41) is 11.4. The monoisotopic (exact) mass is 236 g/mol. The summed E-state index contributed by atoms with van der Waals surface area (Å²) in [4.78, 5) is 33.5. The Bertz CT molecular complexity index is 504. The number of nitrogens with zero attached hydrogens (tertiary/aromatic N) is 1. The Morgan fingerprint density at radius 1 is 1.59 bits per heavy atom. The van der Waals surface area contributed by atoms with Gasteiger partial charge in [0.25, 0.3) is 5.91 Å². The predicted molar refractivity (Wildman–Crippen MR) is 58.1 cm³/mol. The van der Waals surface area contributed by atoms with Crippen molar-refractivity contribution < 1.29 is 19.5 Å². The first-order chi connectivity index (χ1) is 7.99. The number of aliphatic carboxylic acids is 1. The van der Waals surface area contributed by atoms with Crippen LogP contribution < -0.4 is 5.32 Å². The number of ketones is 1. The van der Waals surface area contributed by atoms with Gasteiger partial charge in [-0.25, -0.2) is 0 Å². The van der Waals surface area contributed by atoms with E-state index in [-0.39, 0.29) is 30.7 Å². The number of carboxylic acids is 1. The molecule has 17 heavy (non-hydrogen) atoms. The van der Waals surface area contributed by atoms with E-state index in [1.165, 1.54) is 13.0 Å². The molecule has 6 nitrogen and oxygen atoms in total. The SMILES string of the molecule is CC(=O)c1cc2n(c1)C(CC(=O)O)CNC2=O. The van der Waals surface area contributed by atoms with Crippen LogP contribution in [0.4, 0.5) is 0 Å². The largest absolute Gasteiger partial charge is 0.481 e. The fourth-order valence-electron chi connectivity index (χ4n) is 1.93. The van der Waals surface area contributed by atoms with E-state index >= 15 is 0 Å². The number of Topliss-reactive ketones (excluding diaryl/α,β-unsaturated/α-hetero) is 1. The molecule has 0 saturated heterocycles. The van der Waals surface area contributed by atoms with Crippen molar-refractivity contribution in [1.82, 2.24) is 9.88 Å². The van der Waals surface area contributed by atoms with E-state index in [9.17, 15) is 14.4 Å². The summed E-state index contributed by atoms with van der Waals surface area (Å²) in [5.74, 6) is -1.36. The molecule has 0 aliphatic carbocycles. The number of hydrogen-bond acceptors (Lipinski definition) is 3. The van der Waals surface area contributed by atoms with Crippen LogP contribution in [-0.2, 0) is 4.79 Å². The van der Waals surface area contributed by atoms with E-state index in [1.54, 1.807) is 10.8 Å². The van der Waals surface area contributed by atoms with Gasteiger partial charge in [-0.2, -0.15) is 0 Å². The van der Waals surface area contributed by atoms with Crippen LogP contribution in [0.2, 0.25) is 0 Å². The maximum atomic E-state index is 11.6. The number of nitrogens with one attached hydrogen (secondary N) is 1. The summed E-state index contributed by atoms with van der Waals surface area (Å²) in [6.07, 6.45) is 1.46. The molecule has 0 aromatic carbocycles. The second-order valence-electron chi connectivity index (χ2n) is 4.04. The number of carbonyl (C=O) groups excluding carboxylic acids is 2. The lowest BCUT2D eigenvalue weighted by Crippen LogP contribution is -2.39. The number of aromatic nitrogens is 1. The first kappa shape index (κ1) is 11.4. The van der Waals surface area contributed by atoms with Crippen molar-refractivity contribution in [3.8, 4) is 0 Å². The molecule has 0 spiro atoms. The van der Waals surface area contributed by atoms with Gasteiger partial charge in [0.05, 0.1) is 12.5 Å². The molecule has 2 N–H and O–H groups in total. The van der Waals surface area contributed by atoms with Crippen molar-refractivity contribution in [2.24, 2.45) is 0 Å². The molecule has 1 aliphatic rings. The Kier molecular flexibility index (Phi) is 2.71. The van der Waals surface area contributed by atoms with Crippen LogP contribution in [0.1, 0.15) is 40.2 Å². The van der Waals surface area contributed by atoms with Crippen molar-refractivity contribution >= 4 is 17.7 Å². The number of carbonyl (C=O) groups is 3. The van der Waals surface area contributed by atoms with Gasteiger partial charge in [-0.3, -0.25) is 14.4 Å². The third-order valence-corrected chi connectivity index (χ3v) is 2.79. The standard InChI is InChI=1S/C11H12N2O4/c1-6(14)7-2-9-11(17)12-4-8(3-10(15)16)13(9)5-7/h2,5,8H,3-4H2,1H3,(H,12,17)(H,15,16). The molecule has 2 rings (SSSR count). The lowest BCUT2D eigenvalue weighted by atomic mass is 10.1. The van der Waals surface area contributed by atoms with Crippen LogP contribution in [-0.4, -0.2) is 33.9 Å². The summed E-state index contributed by atoms with van der Waals surface area (Å²) < 4.78 is 1.57. The molecule has 0 saturated carbocycles. The van der Waals surface area contributed by atoms with E-state index in [0.29, 0.717) is 11.3 Å². The summed E-state index contributed by atoms with van der Waals surface area (Å²) in [5.41, 5.74) is 0.764. The lowest BCUT2D eigenvalue weighted by molar-refractivity contribution is -0.137. The Balaban J connectivity index is 2.40. The Morgan fingerprint density at radius 3 is 2.88 bits per heavy atom. The molecule has 1 aromatic rings. The van der Waals surface area contributed by atoms with Gasteiger partial charge >= 0.3 is 5.97 Å². The number of hydrogen-bond donors (Lipinski definition) is 2. The molecule has 90 valence electrons. The molecule has 1 unspecified atom stereocenters. The number of fused-ring (bicyclic) bond motifs is 1. The molecule has 0 fully saturated rings. The van der Waals surface area contributed by atoms with Gasteiger partial charge in [0.1, 0.15) is 5.69 Å². The smallest absolute Gasteiger partial charge is 0.305 e. The van der Waals surface area contributed by atoms with E-state index in [0.717, 1.165) is 0 Å². The van der Waals surface area contributed by atoms with E-state index in [1.807, 2.05) is 0 Å². The number of carboxylic acid groups (broad SMARTS) is 1. The van der Waals surface area contributed by atoms with Gasteiger partial charge in [0.15, 0.2) is 5.78 Å². The maximum absolute atomic E-state index is 11.6. The molecule has 1 amide bonds. The zero-order chi connectivity index (χ0) is 12.6. The second-order valence-corrected chi connectivity index (χ2v) is 4.04. The minimum atomic E-state index is -0.935. The average Bonchev–Trinajstić information content (AvgIpc) is 2.67. The van der Waals surface area contributed by atoms with Crippen LogP contribution in [0.5, 0.6) is 0 Å². The van der Waals surface area contributed by atoms with Gasteiger partial charge in [0.2, 0.25) is 0 Å². The van der Waals surface area contributed by atoms with Crippen molar-refractivity contribution in [3.63, 3.8) is 0 Å². The minimum absolute atomic E-state index is 0.0840. The summed E-state index contributed by atoms with van der Waals surface area (Å²) in [7, 11) is 0. The van der Waals surface area contributed by atoms with Crippen molar-refractivity contribution in [2.45, 2.75) is 19.4 Å². The molecule has 0 radical (unpaired) electrons. The molecule has 2 heterocycles. The highest BCUT2D eigenvalue weighted by Gasteiger charge is 2.27. The van der Waals surface area contributed by atoms with Crippen molar-refractivity contribution in [2.75, 3.05) is 6.54 Å². The zero-order valence-electron chi connectivity index (χ0n) is 9.27. The molecule has 6 heteroatoms. The first-order valence-corrected chi connectivity index (χ1v) is 5.22. The molecule has 1 atom stereocenters. The van der Waals surface area contributed by atoms with E-state index in [2.05, 4.69) is 5.32 Å². The Morgan fingerprint density at radius 2 is 2.29 bits per heavy atom. The number of amides is 1. The highest BCUT2D eigenvalue weighted by Crippen LogP contribution is 2.22. The number of rotatable bonds is 3. The summed E-state index contributed by atoms with van der Waals surface area (Å²) in [6.45, 7) is 1.68. The highest BCUT2D eigenvalue weighted by atomic mass is 16.4. The molecule has 1 aliphatic heterocycles. The fourth-order valence-corrected chi connectivity index (χ4v) is 1.93. The third kappa shape index (κ3) is 2.06. The van der Waals surface area contributed by atoms with Crippen LogP contribution in [0.25, 0.3) is 0 Å². The lowest BCUT2D eigenvalue weighted by Gasteiger charge is -2.24. The average molecular weight is 236 g/mol. The normalized spacial score (nSPS) is 18.4. The zero-order valence-corrected chi connectivity index (χ0v) is 9.27. The summed E-state index contributed by atoms with van der Waals surface area (Å²) in [6, 6.07) is 1.15. The predicted octanol–water partition coefficient (Wildman–Crippen LogP) is 0.450. The van der Waals surface area contributed by atoms with E-state index in [4.69, 9.17) is 5.11 Å². The van der Waals surface area contributed by atoms with Crippen molar-refractivity contribution in [1.29, 1.82) is 0 Å². The first-order valence-electron chi connectivity index (χ1n) is 5.22. The van der Waals surface area contributed by atoms with Crippen LogP contribution in [0.15, 0.2) is 12.3 Å². The van der Waals surface area contributed by atoms with Gasteiger partial charge < -0.3 is 15.0 Å². The van der Waals surface area contributed by atoms with Gasteiger partial charge in [-0.1, -0.05) is 0 Å². The minimum Gasteiger partial charge on any atom is -0.481 e.